The monoisotopic (exact) mass is 290 g/mol. The van der Waals surface area contributed by atoms with Crippen molar-refractivity contribution < 1.29 is 4.79 Å². The molecule has 1 amide bonds. The molecule has 6 nitrogen and oxygen atoms in total. The Bertz CT molecular complexity index is 539. The predicted octanol–water partition coefficient (Wildman–Crippen LogP) is 0.905. The number of H-pyrrole nitrogens is 1. The lowest BCUT2D eigenvalue weighted by Gasteiger charge is -2.37. The minimum absolute atomic E-state index is 0.0700. The molecule has 2 fully saturated rings. The number of carbonyl (C=O) groups is 1. The molecule has 2 N–H and O–H groups in total. The summed E-state index contributed by atoms with van der Waals surface area (Å²) in [5.41, 5.74) is 0.0439. The second-order valence-electron chi connectivity index (χ2n) is 6.06. The molecule has 21 heavy (non-hydrogen) atoms. The molecule has 2 aliphatic heterocycles. The molecule has 3 rings (SSSR count). The molecule has 3 heterocycles. The first-order valence-corrected chi connectivity index (χ1v) is 7.79. The van der Waals surface area contributed by atoms with Gasteiger partial charge in [-0.1, -0.05) is 6.92 Å². The van der Waals surface area contributed by atoms with Gasteiger partial charge < -0.3 is 15.2 Å². The van der Waals surface area contributed by atoms with Crippen molar-refractivity contribution in [3.05, 3.63) is 28.4 Å². The van der Waals surface area contributed by atoms with Crippen LogP contribution < -0.4 is 10.9 Å². The van der Waals surface area contributed by atoms with Gasteiger partial charge in [-0.05, 0) is 32.1 Å². The first-order valence-electron chi connectivity index (χ1n) is 7.79. The molecule has 2 atom stereocenters. The third-order valence-electron chi connectivity index (χ3n) is 4.51. The van der Waals surface area contributed by atoms with Gasteiger partial charge in [-0.25, -0.2) is 4.98 Å². The molecule has 6 heteroatoms. The lowest BCUT2D eigenvalue weighted by atomic mass is 9.97. The Morgan fingerprint density at radius 2 is 2.10 bits per heavy atom. The Morgan fingerprint density at radius 1 is 1.38 bits per heavy atom. The maximum absolute atomic E-state index is 12.7. The zero-order valence-electron chi connectivity index (χ0n) is 12.3. The predicted molar refractivity (Wildman–Crippen MR) is 79.2 cm³/mol. The third kappa shape index (κ3) is 3.00. The van der Waals surface area contributed by atoms with E-state index in [1.54, 1.807) is 0 Å². The molecule has 1 aromatic heterocycles. The molecule has 0 spiro atoms. The summed E-state index contributed by atoms with van der Waals surface area (Å²) in [5, 5.41) is 3.60. The highest BCUT2D eigenvalue weighted by Gasteiger charge is 2.37. The van der Waals surface area contributed by atoms with Gasteiger partial charge in [0, 0.05) is 30.9 Å². The Balaban J connectivity index is 1.78. The molecule has 2 bridgehead atoms. The fourth-order valence-electron chi connectivity index (χ4n) is 3.58. The fourth-order valence-corrected chi connectivity index (χ4v) is 3.58. The minimum Gasteiger partial charge on any atom is -0.334 e. The summed E-state index contributed by atoms with van der Waals surface area (Å²) in [5.74, 6) is -0.0700. The molecular formula is C15H22N4O2. The van der Waals surface area contributed by atoms with Gasteiger partial charge >= 0.3 is 0 Å². The van der Waals surface area contributed by atoms with Crippen molar-refractivity contribution in [3.8, 4) is 0 Å². The van der Waals surface area contributed by atoms with Gasteiger partial charge in [0.25, 0.3) is 11.5 Å². The Hall–Kier alpha value is -1.69. The Morgan fingerprint density at radius 3 is 2.67 bits per heavy atom. The molecule has 2 unspecified atom stereocenters. The van der Waals surface area contributed by atoms with E-state index in [0.717, 1.165) is 25.8 Å². The van der Waals surface area contributed by atoms with E-state index >= 15 is 0 Å². The summed E-state index contributed by atoms with van der Waals surface area (Å²) >= 11 is 0. The normalized spacial score (nSPS) is 27.6. The summed E-state index contributed by atoms with van der Waals surface area (Å²) < 4.78 is 0. The van der Waals surface area contributed by atoms with Crippen LogP contribution in [-0.2, 0) is 0 Å². The van der Waals surface area contributed by atoms with Gasteiger partial charge in [0.1, 0.15) is 5.69 Å². The third-order valence-corrected chi connectivity index (χ3v) is 4.51. The molecule has 1 aromatic rings. The van der Waals surface area contributed by atoms with Crippen molar-refractivity contribution >= 4 is 5.91 Å². The minimum atomic E-state index is -0.284. The number of carbonyl (C=O) groups excluding carboxylic acids is 1. The zero-order chi connectivity index (χ0) is 14.8. The topological polar surface area (TPSA) is 78.1 Å². The van der Waals surface area contributed by atoms with Crippen LogP contribution in [0.15, 0.2) is 17.2 Å². The van der Waals surface area contributed by atoms with E-state index in [1.165, 1.54) is 25.2 Å². The summed E-state index contributed by atoms with van der Waals surface area (Å²) in [6.07, 6.45) is 7.98. The average molecular weight is 290 g/mol. The van der Waals surface area contributed by atoms with E-state index in [0.29, 0.717) is 17.8 Å². The standard InChI is InChI=1S/C15H22N4O2/c1-2-5-19(12-6-10-3-4-11(7-12)18-10)15(21)13-8-17-14(20)9-16-13/h8-12,18H,2-7H2,1H3,(H,17,20). The number of piperidine rings is 1. The first kappa shape index (κ1) is 14.3. The zero-order valence-corrected chi connectivity index (χ0v) is 12.3. The van der Waals surface area contributed by atoms with Crippen molar-refractivity contribution in [1.82, 2.24) is 20.2 Å². The lowest BCUT2D eigenvalue weighted by molar-refractivity contribution is 0.0610. The van der Waals surface area contributed by atoms with E-state index in [-0.39, 0.29) is 17.5 Å². The van der Waals surface area contributed by atoms with Crippen LogP contribution in [0.2, 0.25) is 0 Å². The highest BCUT2D eigenvalue weighted by Crippen LogP contribution is 2.30. The fraction of sp³-hybridized carbons (Fsp3) is 0.667. The average Bonchev–Trinajstić information content (AvgIpc) is 2.83. The van der Waals surface area contributed by atoms with Crippen LogP contribution in [0.5, 0.6) is 0 Å². The van der Waals surface area contributed by atoms with Crippen molar-refractivity contribution in [2.45, 2.75) is 57.2 Å². The second kappa shape index (κ2) is 5.97. The van der Waals surface area contributed by atoms with Crippen LogP contribution in [-0.4, -0.2) is 45.4 Å². The van der Waals surface area contributed by atoms with E-state index < -0.39 is 0 Å². The number of rotatable bonds is 4. The van der Waals surface area contributed by atoms with E-state index in [2.05, 4.69) is 22.2 Å². The molecule has 2 saturated heterocycles. The summed E-state index contributed by atoms with van der Waals surface area (Å²) in [6, 6.07) is 1.37. The highest BCUT2D eigenvalue weighted by atomic mass is 16.2. The number of nitrogens with zero attached hydrogens (tertiary/aromatic N) is 2. The first-order chi connectivity index (χ1) is 10.2. The van der Waals surface area contributed by atoms with Crippen LogP contribution >= 0.6 is 0 Å². The van der Waals surface area contributed by atoms with Gasteiger partial charge in [0.15, 0.2) is 0 Å². The van der Waals surface area contributed by atoms with Crippen molar-refractivity contribution in [3.63, 3.8) is 0 Å². The summed E-state index contributed by atoms with van der Waals surface area (Å²) in [6.45, 7) is 2.82. The van der Waals surface area contributed by atoms with Crippen LogP contribution in [0.4, 0.5) is 0 Å². The number of nitrogens with one attached hydrogen (secondary N) is 2. The van der Waals surface area contributed by atoms with Gasteiger partial charge in [-0.15, -0.1) is 0 Å². The quantitative estimate of drug-likeness (QED) is 0.864. The van der Waals surface area contributed by atoms with E-state index in [9.17, 15) is 9.59 Å². The van der Waals surface area contributed by atoms with Crippen molar-refractivity contribution in [2.24, 2.45) is 0 Å². The number of aromatic nitrogens is 2. The number of aromatic amines is 1. The Labute approximate surface area is 124 Å². The second-order valence-corrected chi connectivity index (χ2v) is 6.06. The van der Waals surface area contributed by atoms with E-state index in [1.807, 2.05) is 4.90 Å². The largest absolute Gasteiger partial charge is 0.334 e. The Kier molecular flexibility index (Phi) is 4.05. The van der Waals surface area contributed by atoms with Gasteiger partial charge in [-0.3, -0.25) is 9.59 Å². The molecule has 0 saturated carbocycles. The number of fused-ring (bicyclic) bond motifs is 2. The SMILES string of the molecule is CCCN(C(=O)c1c[nH]c(=O)cn1)C1CC2CCC(C1)N2. The molecule has 114 valence electrons. The lowest BCUT2D eigenvalue weighted by Crippen LogP contribution is -2.50. The van der Waals surface area contributed by atoms with Crippen LogP contribution in [0.25, 0.3) is 0 Å². The smallest absolute Gasteiger partial charge is 0.274 e. The van der Waals surface area contributed by atoms with Crippen LogP contribution in [0.1, 0.15) is 49.5 Å². The molecule has 2 aliphatic rings. The molecule has 0 aliphatic carbocycles. The molecule has 0 aromatic carbocycles. The van der Waals surface area contributed by atoms with Gasteiger partial charge in [0.05, 0.1) is 6.20 Å². The molecular weight excluding hydrogens is 268 g/mol. The van der Waals surface area contributed by atoms with Gasteiger partial charge in [-0.2, -0.15) is 0 Å². The van der Waals surface area contributed by atoms with Gasteiger partial charge in [0.2, 0.25) is 0 Å². The maximum Gasteiger partial charge on any atom is 0.274 e. The highest BCUT2D eigenvalue weighted by molar-refractivity contribution is 5.92. The summed E-state index contributed by atoms with van der Waals surface area (Å²) in [4.78, 5) is 32.2. The van der Waals surface area contributed by atoms with Crippen LogP contribution in [0, 0.1) is 0 Å². The van der Waals surface area contributed by atoms with Crippen LogP contribution in [0.3, 0.4) is 0 Å². The van der Waals surface area contributed by atoms with E-state index in [4.69, 9.17) is 0 Å². The maximum atomic E-state index is 12.7. The molecule has 0 radical (unpaired) electrons. The number of amides is 1. The number of hydrogen-bond donors (Lipinski definition) is 2. The number of hydrogen-bond acceptors (Lipinski definition) is 4. The van der Waals surface area contributed by atoms with Crippen molar-refractivity contribution in [2.75, 3.05) is 6.54 Å². The summed E-state index contributed by atoms with van der Waals surface area (Å²) in [7, 11) is 0. The van der Waals surface area contributed by atoms with Crippen molar-refractivity contribution in [1.29, 1.82) is 0 Å².